The molecule has 1 aromatic rings. The maximum atomic E-state index is 11.7. The van der Waals surface area contributed by atoms with E-state index in [1.165, 1.54) is 17.3 Å². The maximum absolute atomic E-state index is 11.7. The lowest BCUT2D eigenvalue weighted by molar-refractivity contribution is -0.137. The van der Waals surface area contributed by atoms with Crippen molar-refractivity contribution in [1.29, 1.82) is 0 Å². The van der Waals surface area contributed by atoms with Crippen molar-refractivity contribution in [3.63, 3.8) is 0 Å². The first-order valence-electron chi connectivity index (χ1n) is 4.50. The second-order valence-corrected chi connectivity index (χ2v) is 3.35. The van der Waals surface area contributed by atoms with Crippen molar-refractivity contribution in [2.24, 2.45) is 0 Å². The van der Waals surface area contributed by atoms with Crippen LogP contribution in [0.5, 0.6) is 0 Å². The SMILES string of the molecule is CC(CC(=O)O)N(C)C(=O)c1cn[nH]c1. The summed E-state index contributed by atoms with van der Waals surface area (Å²) in [6.07, 6.45) is 2.82. The van der Waals surface area contributed by atoms with E-state index < -0.39 is 5.97 Å². The van der Waals surface area contributed by atoms with Crippen molar-refractivity contribution < 1.29 is 14.7 Å². The number of carboxylic acids is 1. The molecule has 1 aromatic heterocycles. The quantitative estimate of drug-likeness (QED) is 0.752. The van der Waals surface area contributed by atoms with Crippen LogP contribution in [-0.4, -0.2) is 45.2 Å². The maximum Gasteiger partial charge on any atom is 0.305 e. The molecular formula is C9H13N3O3. The number of nitrogens with zero attached hydrogens (tertiary/aromatic N) is 2. The molecular weight excluding hydrogens is 198 g/mol. The van der Waals surface area contributed by atoms with Crippen molar-refractivity contribution in [3.05, 3.63) is 18.0 Å². The zero-order chi connectivity index (χ0) is 11.4. The third-order valence-electron chi connectivity index (χ3n) is 2.20. The number of H-pyrrole nitrogens is 1. The number of aliphatic carboxylic acids is 1. The number of hydrogen-bond donors (Lipinski definition) is 2. The van der Waals surface area contributed by atoms with E-state index in [-0.39, 0.29) is 18.4 Å². The highest BCUT2D eigenvalue weighted by Gasteiger charge is 2.19. The van der Waals surface area contributed by atoms with Crippen LogP contribution in [0.3, 0.4) is 0 Å². The van der Waals surface area contributed by atoms with Crippen LogP contribution in [0.4, 0.5) is 0 Å². The summed E-state index contributed by atoms with van der Waals surface area (Å²) >= 11 is 0. The number of hydrogen-bond acceptors (Lipinski definition) is 3. The van der Waals surface area contributed by atoms with Crippen molar-refractivity contribution in [1.82, 2.24) is 15.1 Å². The van der Waals surface area contributed by atoms with Gasteiger partial charge in [-0.15, -0.1) is 0 Å². The molecule has 6 nitrogen and oxygen atoms in total. The molecule has 1 rings (SSSR count). The molecule has 1 heterocycles. The summed E-state index contributed by atoms with van der Waals surface area (Å²) in [6, 6.07) is -0.343. The minimum absolute atomic E-state index is 0.0694. The van der Waals surface area contributed by atoms with Gasteiger partial charge in [0.25, 0.3) is 5.91 Å². The molecule has 0 aliphatic heterocycles. The number of carboxylic acid groups (broad SMARTS) is 1. The van der Waals surface area contributed by atoms with Crippen LogP contribution in [-0.2, 0) is 4.79 Å². The van der Waals surface area contributed by atoms with Crippen molar-refractivity contribution in [3.8, 4) is 0 Å². The molecule has 6 heteroatoms. The molecule has 15 heavy (non-hydrogen) atoms. The van der Waals surface area contributed by atoms with Crippen LogP contribution >= 0.6 is 0 Å². The molecule has 0 saturated carbocycles. The van der Waals surface area contributed by atoms with Crippen molar-refractivity contribution in [2.45, 2.75) is 19.4 Å². The normalized spacial score (nSPS) is 12.1. The Bertz CT molecular complexity index is 347. The predicted molar refractivity (Wildman–Crippen MR) is 52.4 cm³/mol. The second-order valence-electron chi connectivity index (χ2n) is 3.35. The fourth-order valence-electron chi connectivity index (χ4n) is 1.16. The minimum Gasteiger partial charge on any atom is -0.481 e. The Morgan fingerprint density at radius 1 is 1.67 bits per heavy atom. The fraction of sp³-hybridized carbons (Fsp3) is 0.444. The van der Waals surface area contributed by atoms with Gasteiger partial charge in [-0.05, 0) is 6.92 Å². The molecule has 1 amide bonds. The molecule has 0 bridgehead atoms. The smallest absolute Gasteiger partial charge is 0.305 e. The van der Waals surface area contributed by atoms with Gasteiger partial charge in [0.05, 0.1) is 18.2 Å². The first-order chi connectivity index (χ1) is 7.02. The molecule has 0 saturated heterocycles. The highest BCUT2D eigenvalue weighted by atomic mass is 16.4. The van der Waals surface area contributed by atoms with Gasteiger partial charge in [0.2, 0.25) is 0 Å². The van der Waals surface area contributed by atoms with Gasteiger partial charge in [0.1, 0.15) is 0 Å². The summed E-state index contributed by atoms with van der Waals surface area (Å²) < 4.78 is 0. The summed E-state index contributed by atoms with van der Waals surface area (Å²) in [5.74, 6) is -1.16. The van der Waals surface area contributed by atoms with Gasteiger partial charge in [0, 0.05) is 19.3 Å². The molecule has 0 spiro atoms. The number of amides is 1. The Morgan fingerprint density at radius 3 is 2.80 bits per heavy atom. The van der Waals surface area contributed by atoms with E-state index in [1.54, 1.807) is 14.0 Å². The average molecular weight is 211 g/mol. The van der Waals surface area contributed by atoms with Crippen LogP contribution < -0.4 is 0 Å². The van der Waals surface area contributed by atoms with Crippen LogP contribution in [0, 0.1) is 0 Å². The number of aromatic nitrogens is 2. The highest BCUT2D eigenvalue weighted by molar-refractivity contribution is 5.93. The molecule has 2 N–H and O–H groups in total. The monoisotopic (exact) mass is 211 g/mol. The molecule has 0 aliphatic rings. The predicted octanol–water partition coefficient (Wildman–Crippen LogP) is 0.345. The molecule has 0 aliphatic carbocycles. The zero-order valence-electron chi connectivity index (χ0n) is 8.60. The summed E-state index contributed by atoms with van der Waals surface area (Å²) in [5, 5.41) is 14.8. The number of rotatable bonds is 4. The number of aromatic amines is 1. The molecule has 82 valence electrons. The number of nitrogens with one attached hydrogen (secondary N) is 1. The average Bonchev–Trinajstić information content (AvgIpc) is 2.67. The first kappa shape index (κ1) is 11.2. The Hall–Kier alpha value is -1.85. The summed E-state index contributed by atoms with van der Waals surface area (Å²) in [5.41, 5.74) is 0.426. The van der Waals surface area contributed by atoms with E-state index in [2.05, 4.69) is 10.2 Å². The fourth-order valence-corrected chi connectivity index (χ4v) is 1.16. The van der Waals surface area contributed by atoms with E-state index in [1.807, 2.05) is 0 Å². The van der Waals surface area contributed by atoms with Gasteiger partial charge < -0.3 is 10.0 Å². The summed E-state index contributed by atoms with van der Waals surface area (Å²) in [6.45, 7) is 1.69. The highest BCUT2D eigenvalue weighted by Crippen LogP contribution is 2.07. The van der Waals surface area contributed by atoms with Crippen LogP contribution in [0.1, 0.15) is 23.7 Å². The van der Waals surface area contributed by atoms with E-state index in [0.29, 0.717) is 5.56 Å². The van der Waals surface area contributed by atoms with Gasteiger partial charge in [-0.25, -0.2) is 0 Å². The standard InChI is InChI=1S/C9H13N3O3/c1-6(3-8(13)14)12(2)9(15)7-4-10-11-5-7/h4-6H,3H2,1-2H3,(H,10,11)(H,13,14). The lowest BCUT2D eigenvalue weighted by atomic mass is 10.2. The molecule has 0 aromatic carbocycles. The van der Waals surface area contributed by atoms with E-state index >= 15 is 0 Å². The molecule has 0 radical (unpaired) electrons. The first-order valence-corrected chi connectivity index (χ1v) is 4.50. The zero-order valence-corrected chi connectivity index (χ0v) is 8.60. The van der Waals surface area contributed by atoms with Gasteiger partial charge >= 0.3 is 5.97 Å². The lowest BCUT2D eigenvalue weighted by Gasteiger charge is -2.22. The third kappa shape index (κ3) is 2.80. The van der Waals surface area contributed by atoms with Crippen molar-refractivity contribution in [2.75, 3.05) is 7.05 Å². The van der Waals surface area contributed by atoms with Crippen LogP contribution in [0.25, 0.3) is 0 Å². The second kappa shape index (κ2) is 4.59. The topological polar surface area (TPSA) is 86.3 Å². The van der Waals surface area contributed by atoms with E-state index in [4.69, 9.17) is 5.11 Å². The lowest BCUT2D eigenvalue weighted by Crippen LogP contribution is -2.36. The summed E-state index contributed by atoms with van der Waals surface area (Å²) in [4.78, 5) is 23.6. The van der Waals surface area contributed by atoms with Gasteiger partial charge in [0.15, 0.2) is 0 Å². The van der Waals surface area contributed by atoms with Gasteiger partial charge in [-0.2, -0.15) is 5.10 Å². The number of carbonyl (C=O) groups excluding carboxylic acids is 1. The third-order valence-corrected chi connectivity index (χ3v) is 2.20. The number of carbonyl (C=O) groups is 2. The van der Waals surface area contributed by atoms with Gasteiger partial charge in [-0.1, -0.05) is 0 Å². The Balaban J connectivity index is 2.64. The Kier molecular flexibility index (Phi) is 3.43. The largest absolute Gasteiger partial charge is 0.481 e. The molecule has 0 fully saturated rings. The molecule has 1 unspecified atom stereocenters. The summed E-state index contributed by atoms with van der Waals surface area (Å²) in [7, 11) is 1.57. The van der Waals surface area contributed by atoms with E-state index in [0.717, 1.165) is 0 Å². The van der Waals surface area contributed by atoms with Gasteiger partial charge in [-0.3, -0.25) is 14.7 Å². The molecule has 1 atom stereocenters. The Morgan fingerprint density at radius 2 is 2.33 bits per heavy atom. The minimum atomic E-state index is -0.922. The van der Waals surface area contributed by atoms with E-state index in [9.17, 15) is 9.59 Å². The van der Waals surface area contributed by atoms with Crippen LogP contribution in [0.2, 0.25) is 0 Å². The van der Waals surface area contributed by atoms with Crippen LogP contribution in [0.15, 0.2) is 12.4 Å². The Labute approximate surface area is 86.9 Å². The van der Waals surface area contributed by atoms with Crippen molar-refractivity contribution >= 4 is 11.9 Å².